The lowest BCUT2D eigenvalue weighted by atomic mass is 10.0. The molecule has 3 N–H and O–H groups in total. The van der Waals surface area contributed by atoms with Crippen LogP contribution in [0.25, 0.3) is 28.7 Å². The normalized spacial score (nSPS) is 14.8. The minimum Gasteiger partial charge on any atom is -0.459 e. The number of nitrogen functional groups attached to an aromatic ring is 1. The van der Waals surface area contributed by atoms with Gasteiger partial charge in [-0.25, -0.2) is 13.8 Å². The average molecular weight is 578 g/mol. The molecule has 0 radical (unpaired) electrons. The van der Waals surface area contributed by atoms with Gasteiger partial charge in [-0.2, -0.15) is 0 Å². The van der Waals surface area contributed by atoms with Gasteiger partial charge >= 0.3 is 0 Å². The van der Waals surface area contributed by atoms with Gasteiger partial charge in [-0.05, 0) is 60.2 Å². The summed E-state index contributed by atoms with van der Waals surface area (Å²) in [6.07, 6.45) is 5.39. The number of furan rings is 1. The molecular weight excluding hydrogens is 552 g/mol. The molecule has 3 aromatic heterocycles. The maximum atomic E-state index is 13.4. The van der Waals surface area contributed by atoms with Crippen LogP contribution in [0.3, 0.4) is 0 Å². The van der Waals surface area contributed by atoms with E-state index >= 15 is 0 Å². The van der Waals surface area contributed by atoms with E-state index < -0.39 is 5.92 Å². The van der Waals surface area contributed by atoms with Gasteiger partial charge in [-0.1, -0.05) is 17.7 Å². The van der Waals surface area contributed by atoms with E-state index in [4.69, 9.17) is 21.8 Å². The molecule has 210 valence electrons. The van der Waals surface area contributed by atoms with Gasteiger partial charge in [0.05, 0.1) is 22.8 Å². The summed E-state index contributed by atoms with van der Waals surface area (Å²) >= 11 is 6.56. The summed E-state index contributed by atoms with van der Waals surface area (Å²) in [7, 11) is 0. The van der Waals surface area contributed by atoms with E-state index in [1.807, 2.05) is 6.07 Å². The predicted octanol–water partition coefficient (Wildman–Crippen LogP) is 5.84. The van der Waals surface area contributed by atoms with Gasteiger partial charge in [-0.15, -0.1) is 0 Å². The number of benzene rings is 1. The Labute approximate surface area is 239 Å². The standard InChI is InChI=1S/C30H26ClF2N5O3/c31-24-15-20(25-7-4-21(17-35-25)29(40)38-13-11-30(32,33)12-14-38)3-6-23(24)26-8-5-22(41-26)18-37-28(39)10-2-19-1-9-27(34)36-16-19/h1-10,15-17H,11-14,18H2,(H2,34,36)(H,37,39). The van der Waals surface area contributed by atoms with Crippen molar-refractivity contribution in [3.63, 3.8) is 0 Å². The summed E-state index contributed by atoms with van der Waals surface area (Å²) in [4.78, 5) is 34.6. The van der Waals surface area contributed by atoms with Crippen LogP contribution in [0, 0.1) is 0 Å². The second-order valence-electron chi connectivity index (χ2n) is 9.61. The van der Waals surface area contributed by atoms with Gasteiger partial charge in [0.1, 0.15) is 17.3 Å². The van der Waals surface area contributed by atoms with Crippen LogP contribution < -0.4 is 11.1 Å². The van der Waals surface area contributed by atoms with Crippen LogP contribution in [0.4, 0.5) is 14.6 Å². The first-order chi connectivity index (χ1) is 19.7. The van der Waals surface area contributed by atoms with Crippen molar-refractivity contribution in [2.75, 3.05) is 18.8 Å². The fourth-order valence-corrected chi connectivity index (χ4v) is 4.60. The number of piperidine rings is 1. The topological polar surface area (TPSA) is 114 Å². The zero-order valence-electron chi connectivity index (χ0n) is 21.8. The Morgan fingerprint density at radius 1 is 1.05 bits per heavy atom. The summed E-state index contributed by atoms with van der Waals surface area (Å²) in [6, 6.07) is 15.7. The first-order valence-electron chi connectivity index (χ1n) is 12.9. The lowest BCUT2D eigenvalue weighted by Gasteiger charge is -2.31. The molecule has 2 amide bonds. The first-order valence-corrected chi connectivity index (χ1v) is 13.2. The van der Waals surface area contributed by atoms with E-state index in [1.165, 1.54) is 17.2 Å². The maximum absolute atomic E-state index is 13.4. The number of alkyl halides is 2. The van der Waals surface area contributed by atoms with Gasteiger partial charge in [0.2, 0.25) is 5.91 Å². The smallest absolute Gasteiger partial charge is 0.255 e. The molecule has 0 saturated carbocycles. The van der Waals surface area contributed by atoms with Crippen molar-refractivity contribution in [1.29, 1.82) is 0 Å². The zero-order valence-corrected chi connectivity index (χ0v) is 22.6. The molecule has 0 atom stereocenters. The van der Waals surface area contributed by atoms with Gasteiger partial charge in [0.25, 0.3) is 11.8 Å². The number of nitrogens with zero attached hydrogens (tertiary/aromatic N) is 3. The SMILES string of the molecule is Nc1ccc(C=CC(=O)NCc2ccc(-c3ccc(-c4ccc(C(=O)N5CCC(F)(F)CC5)cn4)cc3Cl)o2)cn1. The molecular formula is C30H26ClF2N5O3. The minimum absolute atomic E-state index is 0.0189. The lowest BCUT2D eigenvalue weighted by Crippen LogP contribution is -2.42. The first kappa shape index (κ1) is 28.0. The number of carbonyl (C=O) groups is 2. The van der Waals surface area contributed by atoms with Crippen molar-refractivity contribution in [2.24, 2.45) is 0 Å². The molecule has 4 heterocycles. The summed E-state index contributed by atoms with van der Waals surface area (Å²) in [5.41, 5.74) is 8.65. The van der Waals surface area contributed by atoms with Crippen LogP contribution in [-0.4, -0.2) is 45.7 Å². The molecule has 0 unspecified atom stereocenters. The number of likely N-dealkylation sites (tertiary alicyclic amines) is 1. The van der Waals surface area contributed by atoms with E-state index in [0.29, 0.717) is 39.2 Å². The van der Waals surface area contributed by atoms with Crippen molar-refractivity contribution < 1.29 is 22.8 Å². The van der Waals surface area contributed by atoms with E-state index in [9.17, 15) is 18.4 Å². The van der Waals surface area contributed by atoms with E-state index in [-0.39, 0.29) is 44.3 Å². The van der Waals surface area contributed by atoms with E-state index in [1.54, 1.807) is 60.8 Å². The number of halogens is 3. The molecule has 0 spiro atoms. The largest absolute Gasteiger partial charge is 0.459 e. The predicted molar refractivity (Wildman–Crippen MR) is 152 cm³/mol. The Kier molecular flexibility index (Phi) is 8.11. The second kappa shape index (κ2) is 11.9. The number of nitrogens with one attached hydrogen (secondary N) is 1. The monoisotopic (exact) mass is 577 g/mol. The fourth-order valence-electron chi connectivity index (χ4n) is 4.32. The highest BCUT2D eigenvalue weighted by Gasteiger charge is 2.35. The van der Waals surface area contributed by atoms with Gasteiger partial charge in [0, 0.05) is 55.5 Å². The molecule has 5 rings (SSSR count). The van der Waals surface area contributed by atoms with Gasteiger partial charge < -0.3 is 20.4 Å². The van der Waals surface area contributed by atoms with Gasteiger partial charge in [0.15, 0.2) is 0 Å². The van der Waals surface area contributed by atoms with Gasteiger partial charge in [-0.3, -0.25) is 14.6 Å². The molecule has 1 fully saturated rings. The summed E-state index contributed by atoms with van der Waals surface area (Å²) < 4.78 is 32.7. The molecule has 41 heavy (non-hydrogen) atoms. The third-order valence-corrected chi connectivity index (χ3v) is 6.97. The molecule has 1 aromatic carbocycles. The molecule has 4 aromatic rings. The number of hydrogen-bond donors (Lipinski definition) is 2. The minimum atomic E-state index is -2.72. The van der Waals surface area contributed by atoms with Crippen molar-refractivity contribution in [2.45, 2.75) is 25.3 Å². The summed E-state index contributed by atoms with van der Waals surface area (Å²) in [6.45, 7) is 0.226. The summed E-state index contributed by atoms with van der Waals surface area (Å²) in [5, 5.41) is 3.20. The van der Waals surface area contributed by atoms with Crippen molar-refractivity contribution in [3.8, 4) is 22.6 Å². The van der Waals surface area contributed by atoms with Crippen molar-refractivity contribution in [3.05, 3.63) is 95.0 Å². The number of rotatable bonds is 7. The molecule has 0 aliphatic carbocycles. The molecule has 8 nitrogen and oxygen atoms in total. The average Bonchev–Trinajstić information content (AvgIpc) is 3.44. The lowest BCUT2D eigenvalue weighted by molar-refractivity contribution is -0.116. The molecule has 0 bridgehead atoms. The summed E-state index contributed by atoms with van der Waals surface area (Å²) in [5.74, 6) is -1.83. The van der Waals surface area contributed by atoms with Crippen LogP contribution in [0.1, 0.15) is 34.5 Å². The van der Waals surface area contributed by atoms with Crippen molar-refractivity contribution in [1.82, 2.24) is 20.2 Å². The molecule has 1 saturated heterocycles. The Bertz CT molecular complexity index is 1580. The molecule has 1 aliphatic heterocycles. The van der Waals surface area contributed by atoms with Crippen LogP contribution in [0.2, 0.25) is 5.02 Å². The zero-order chi connectivity index (χ0) is 29.0. The van der Waals surface area contributed by atoms with E-state index in [0.717, 1.165) is 11.1 Å². The van der Waals surface area contributed by atoms with Crippen LogP contribution in [0.15, 0.2) is 77.5 Å². The van der Waals surface area contributed by atoms with Crippen molar-refractivity contribution >= 4 is 35.3 Å². The van der Waals surface area contributed by atoms with Crippen LogP contribution >= 0.6 is 11.6 Å². The van der Waals surface area contributed by atoms with Crippen LogP contribution in [-0.2, 0) is 11.3 Å². The molecule has 11 heteroatoms. The second-order valence-corrected chi connectivity index (χ2v) is 10.0. The highest BCUT2D eigenvalue weighted by atomic mass is 35.5. The number of pyridine rings is 2. The van der Waals surface area contributed by atoms with E-state index in [2.05, 4.69) is 15.3 Å². The number of carbonyl (C=O) groups excluding carboxylic acids is 2. The number of aromatic nitrogens is 2. The Balaban J connectivity index is 1.19. The maximum Gasteiger partial charge on any atom is 0.255 e. The third kappa shape index (κ3) is 6.96. The number of nitrogens with two attached hydrogens (primary N) is 1. The number of amides is 2. The Morgan fingerprint density at radius 2 is 1.85 bits per heavy atom. The molecule has 1 aliphatic rings. The highest BCUT2D eigenvalue weighted by Crippen LogP contribution is 2.33. The Hall–Kier alpha value is -4.57. The quantitative estimate of drug-likeness (QED) is 0.267. The number of hydrogen-bond acceptors (Lipinski definition) is 6. The fraction of sp³-hybridized carbons (Fsp3) is 0.200. The Morgan fingerprint density at radius 3 is 2.54 bits per heavy atom. The van der Waals surface area contributed by atoms with Crippen LogP contribution in [0.5, 0.6) is 0 Å². The number of anilines is 1. The third-order valence-electron chi connectivity index (χ3n) is 6.66. The highest BCUT2D eigenvalue weighted by molar-refractivity contribution is 6.33.